The van der Waals surface area contributed by atoms with E-state index in [4.69, 9.17) is 5.11 Å². The maximum atomic E-state index is 12.1. The minimum absolute atomic E-state index is 0.240. The predicted molar refractivity (Wildman–Crippen MR) is 67.0 cm³/mol. The molecule has 0 spiro atoms. The summed E-state index contributed by atoms with van der Waals surface area (Å²) < 4.78 is 0. The lowest BCUT2D eigenvalue weighted by atomic mass is 10.1. The molecule has 1 aliphatic heterocycles. The smallest absolute Gasteiger partial charge is 0.328 e. The van der Waals surface area contributed by atoms with Crippen LogP contribution in [0.4, 0.5) is 0 Å². The monoisotopic (exact) mass is 276 g/mol. The number of imide groups is 1. The molecule has 0 fully saturated rings. The molecular weight excluding hydrogens is 264 g/mol. The highest BCUT2D eigenvalue weighted by atomic mass is 16.4. The standard InChI is InChI=1S/C13H12N2O5/c1-7(16)14-10(13(19)20)6-15-11(17)8-4-2-3-5-9(8)12(15)18/h2-5,10H,6H2,1H3,(H,14,16)(H,19,20). The number of rotatable bonds is 4. The van der Waals surface area contributed by atoms with Gasteiger partial charge in [0.15, 0.2) is 0 Å². The van der Waals surface area contributed by atoms with Crippen LogP contribution in [0.3, 0.4) is 0 Å². The van der Waals surface area contributed by atoms with Crippen LogP contribution < -0.4 is 5.32 Å². The first-order valence-corrected chi connectivity index (χ1v) is 5.87. The van der Waals surface area contributed by atoms with Crippen LogP contribution in [0.1, 0.15) is 27.6 Å². The van der Waals surface area contributed by atoms with Gasteiger partial charge in [-0.1, -0.05) is 12.1 Å². The van der Waals surface area contributed by atoms with Crippen molar-refractivity contribution >= 4 is 23.7 Å². The largest absolute Gasteiger partial charge is 0.480 e. The Morgan fingerprint density at radius 3 is 2.10 bits per heavy atom. The van der Waals surface area contributed by atoms with Gasteiger partial charge in [0.1, 0.15) is 6.04 Å². The number of benzene rings is 1. The van der Waals surface area contributed by atoms with E-state index in [2.05, 4.69) is 5.32 Å². The minimum atomic E-state index is -1.32. The highest BCUT2D eigenvalue weighted by molar-refractivity contribution is 6.21. The number of nitrogens with zero attached hydrogens (tertiary/aromatic N) is 1. The van der Waals surface area contributed by atoms with Crippen LogP contribution in [0.5, 0.6) is 0 Å². The number of nitrogens with one attached hydrogen (secondary N) is 1. The first-order valence-electron chi connectivity index (χ1n) is 5.87. The molecule has 1 heterocycles. The van der Waals surface area contributed by atoms with Gasteiger partial charge < -0.3 is 10.4 Å². The van der Waals surface area contributed by atoms with Crippen LogP contribution in [0, 0.1) is 0 Å². The third-order valence-electron chi connectivity index (χ3n) is 2.92. The Kier molecular flexibility index (Phi) is 3.51. The summed E-state index contributed by atoms with van der Waals surface area (Å²) in [7, 11) is 0. The van der Waals surface area contributed by atoms with Gasteiger partial charge in [-0.25, -0.2) is 4.79 Å². The number of carbonyl (C=O) groups is 4. The van der Waals surface area contributed by atoms with Crippen LogP contribution in [0.2, 0.25) is 0 Å². The average Bonchev–Trinajstić information content (AvgIpc) is 2.63. The molecule has 2 N–H and O–H groups in total. The van der Waals surface area contributed by atoms with Crippen molar-refractivity contribution < 1.29 is 24.3 Å². The number of carbonyl (C=O) groups excluding carboxylic acids is 3. The van der Waals surface area contributed by atoms with E-state index in [-0.39, 0.29) is 11.1 Å². The van der Waals surface area contributed by atoms with E-state index in [1.165, 1.54) is 12.1 Å². The Balaban J connectivity index is 2.23. The Morgan fingerprint density at radius 1 is 1.20 bits per heavy atom. The van der Waals surface area contributed by atoms with Crippen molar-refractivity contribution in [3.05, 3.63) is 35.4 Å². The van der Waals surface area contributed by atoms with Crippen LogP contribution >= 0.6 is 0 Å². The van der Waals surface area contributed by atoms with Crippen molar-refractivity contribution in [3.63, 3.8) is 0 Å². The lowest BCUT2D eigenvalue weighted by Crippen LogP contribution is -2.49. The molecule has 0 bridgehead atoms. The summed E-state index contributed by atoms with van der Waals surface area (Å²) in [5, 5.41) is 11.2. The fourth-order valence-corrected chi connectivity index (χ4v) is 2.02. The van der Waals surface area contributed by atoms with E-state index in [1.54, 1.807) is 12.1 Å². The van der Waals surface area contributed by atoms with E-state index in [0.717, 1.165) is 11.8 Å². The SMILES string of the molecule is CC(=O)NC(CN1C(=O)c2ccccc2C1=O)C(=O)O. The van der Waals surface area contributed by atoms with Crippen LogP contribution in [0.25, 0.3) is 0 Å². The van der Waals surface area contributed by atoms with Crippen LogP contribution in [-0.2, 0) is 9.59 Å². The van der Waals surface area contributed by atoms with Crippen molar-refractivity contribution in [3.8, 4) is 0 Å². The summed E-state index contributed by atoms with van der Waals surface area (Å²) in [4.78, 5) is 46.9. The summed E-state index contributed by atoms with van der Waals surface area (Å²) in [5.41, 5.74) is 0.480. The zero-order valence-corrected chi connectivity index (χ0v) is 10.6. The molecule has 0 saturated carbocycles. The Hall–Kier alpha value is -2.70. The maximum Gasteiger partial charge on any atom is 0.328 e. The first-order chi connectivity index (χ1) is 9.41. The van der Waals surface area contributed by atoms with Crippen molar-refractivity contribution in [2.24, 2.45) is 0 Å². The Bertz CT molecular complexity index is 576. The number of aliphatic carboxylic acids is 1. The number of hydrogen-bond acceptors (Lipinski definition) is 4. The molecule has 0 saturated heterocycles. The molecule has 1 unspecified atom stereocenters. The molecule has 0 aliphatic carbocycles. The fourth-order valence-electron chi connectivity index (χ4n) is 2.02. The molecule has 104 valence electrons. The molecule has 3 amide bonds. The van der Waals surface area contributed by atoms with Crippen molar-refractivity contribution in [1.29, 1.82) is 0 Å². The van der Waals surface area contributed by atoms with Gasteiger partial charge in [-0.05, 0) is 12.1 Å². The Labute approximate surface area is 114 Å². The van der Waals surface area contributed by atoms with Crippen molar-refractivity contribution in [1.82, 2.24) is 10.2 Å². The summed E-state index contributed by atoms with van der Waals surface area (Å²) in [5.74, 6) is -2.96. The van der Waals surface area contributed by atoms with E-state index in [0.29, 0.717) is 0 Å². The topological polar surface area (TPSA) is 104 Å². The normalized spacial score (nSPS) is 14.9. The van der Waals surface area contributed by atoms with E-state index in [1.807, 2.05) is 0 Å². The molecule has 1 aliphatic rings. The third-order valence-corrected chi connectivity index (χ3v) is 2.92. The molecule has 0 radical (unpaired) electrons. The molecule has 1 aromatic rings. The minimum Gasteiger partial charge on any atom is -0.480 e. The lowest BCUT2D eigenvalue weighted by Gasteiger charge is -2.19. The van der Waals surface area contributed by atoms with Gasteiger partial charge in [-0.15, -0.1) is 0 Å². The lowest BCUT2D eigenvalue weighted by molar-refractivity contribution is -0.141. The molecule has 1 atom stereocenters. The summed E-state index contributed by atoms with van der Waals surface area (Å²) >= 11 is 0. The number of amides is 3. The number of carboxylic acids is 1. The number of hydrogen-bond donors (Lipinski definition) is 2. The summed E-state index contributed by atoms with van der Waals surface area (Å²) in [6.07, 6.45) is 0. The molecule has 1 aromatic carbocycles. The van der Waals surface area contributed by atoms with Crippen molar-refractivity contribution in [2.75, 3.05) is 6.54 Å². The third kappa shape index (κ3) is 2.37. The van der Waals surface area contributed by atoms with Gasteiger partial charge in [0, 0.05) is 6.92 Å². The molecule has 7 nitrogen and oxygen atoms in total. The van der Waals surface area contributed by atoms with Crippen LogP contribution in [0.15, 0.2) is 24.3 Å². The number of carboxylic acid groups (broad SMARTS) is 1. The van der Waals surface area contributed by atoms with Gasteiger partial charge >= 0.3 is 5.97 Å². The molecule has 20 heavy (non-hydrogen) atoms. The van der Waals surface area contributed by atoms with Crippen molar-refractivity contribution in [2.45, 2.75) is 13.0 Å². The average molecular weight is 276 g/mol. The second kappa shape index (κ2) is 5.12. The highest BCUT2D eigenvalue weighted by Crippen LogP contribution is 2.22. The van der Waals surface area contributed by atoms with Gasteiger partial charge in [0.05, 0.1) is 17.7 Å². The van der Waals surface area contributed by atoms with E-state index < -0.39 is 36.3 Å². The predicted octanol–water partition coefficient (Wildman–Crippen LogP) is -0.128. The molecule has 7 heteroatoms. The fraction of sp³-hybridized carbons (Fsp3) is 0.231. The summed E-state index contributed by atoms with van der Waals surface area (Å²) in [6, 6.07) is 4.93. The van der Waals surface area contributed by atoms with Gasteiger partial charge in [0.25, 0.3) is 11.8 Å². The summed E-state index contributed by atoms with van der Waals surface area (Å²) in [6.45, 7) is 0.763. The van der Waals surface area contributed by atoms with E-state index >= 15 is 0 Å². The molecule has 0 aromatic heterocycles. The van der Waals surface area contributed by atoms with Gasteiger partial charge in [-0.3, -0.25) is 19.3 Å². The highest BCUT2D eigenvalue weighted by Gasteiger charge is 2.37. The molecular formula is C13H12N2O5. The maximum absolute atomic E-state index is 12.1. The molecule has 2 rings (SSSR count). The first kappa shape index (κ1) is 13.7. The van der Waals surface area contributed by atoms with Crippen LogP contribution in [-0.4, -0.2) is 46.3 Å². The quantitative estimate of drug-likeness (QED) is 0.746. The zero-order chi connectivity index (χ0) is 14.9. The number of fused-ring (bicyclic) bond motifs is 1. The van der Waals surface area contributed by atoms with E-state index in [9.17, 15) is 19.2 Å². The zero-order valence-electron chi connectivity index (χ0n) is 10.6. The second-order valence-corrected chi connectivity index (χ2v) is 4.36. The van der Waals surface area contributed by atoms with Gasteiger partial charge in [-0.2, -0.15) is 0 Å². The second-order valence-electron chi connectivity index (χ2n) is 4.36. The van der Waals surface area contributed by atoms with Gasteiger partial charge in [0.2, 0.25) is 5.91 Å². The Morgan fingerprint density at radius 2 is 1.70 bits per heavy atom.